The van der Waals surface area contributed by atoms with Gasteiger partial charge in [-0.2, -0.15) is 0 Å². The van der Waals surface area contributed by atoms with E-state index >= 15 is 0 Å². The number of benzene rings is 1. The summed E-state index contributed by atoms with van der Waals surface area (Å²) in [6, 6.07) is 6.10. The number of methoxy groups -OCH3 is 2. The fourth-order valence-electron chi connectivity index (χ4n) is 7.72. The molecule has 1 unspecified atom stereocenters. The summed E-state index contributed by atoms with van der Waals surface area (Å²) in [5, 5.41) is 7.25. The summed E-state index contributed by atoms with van der Waals surface area (Å²) in [4.78, 5) is 84.6. The van der Waals surface area contributed by atoms with E-state index in [2.05, 4.69) is 45.5 Å². The van der Waals surface area contributed by atoms with Crippen LogP contribution in [0, 0.1) is 11.8 Å². The van der Waals surface area contributed by atoms with Gasteiger partial charge >= 0.3 is 12.2 Å². The van der Waals surface area contributed by atoms with Gasteiger partial charge in [0.2, 0.25) is 11.8 Å². The predicted octanol–water partition coefficient (Wildman–Crippen LogP) is 5.56. The van der Waals surface area contributed by atoms with Crippen LogP contribution in [-0.2, 0) is 19.1 Å². The van der Waals surface area contributed by atoms with Crippen LogP contribution in [0.2, 0.25) is 0 Å². The van der Waals surface area contributed by atoms with E-state index in [1.54, 1.807) is 40.8 Å². The van der Waals surface area contributed by atoms with Crippen molar-refractivity contribution in [3.05, 3.63) is 66.9 Å². The minimum atomic E-state index is -0.713. The van der Waals surface area contributed by atoms with Crippen molar-refractivity contribution in [1.82, 2.24) is 55.3 Å². The molecule has 4 aromatic heterocycles. The minimum Gasteiger partial charge on any atom is -0.453 e. The third kappa shape index (κ3) is 8.19. The standard InChI is InChI=1S/C41H49N11O6/c1-22(2)33(49-40(55)57-5)38(53)51-13-7-9-31(51)36-45-20-29(47-36)25-12-11-24-16-28(42-17-26(24)15-25)35-43-18-27(19-44-35)30-21-46-37(48-30)32-10-8-14-52(32)39(54)34(23(3)4)50-41(56)58-6/h11-12,15-23,31-34H,7-10,13-14H2,1-6H3,(H,45,47)(H,46,48)(H,49,55)(H,50,56)/t31?,32-,33-,34-/m0/s1. The molecule has 4 atom stereocenters. The molecule has 4 N–H and O–H groups in total. The van der Waals surface area contributed by atoms with Crippen molar-refractivity contribution in [2.45, 2.75) is 77.5 Å². The highest BCUT2D eigenvalue weighted by Crippen LogP contribution is 2.35. The molecule has 17 heteroatoms. The summed E-state index contributed by atoms with van der Waals surface area (Å²) >= 11 is 0. The van der Waals surface area contributed by atoms with Gasteiger partial charge in [-0.3, -0.25) is 14.6 Å². The lowest BCUT2D eigenvalue weighted by molar-refractivity contribution is -0.136. The van der Waals surface area contributed by atoms with Crippen LogP contribution in [0.3, 0.4) is 0 Å². The first-order valence-electron chi connectivity index (χ1n) is 19.6. The molecular formula is C41H49N11O6. The van der Waals surface area contributed by atoms with E-state index in [1.165, 1.54) is 14.2 Å². The highest BCUT2D eigenvalue weighted by molar-refractivity contribution is 5.89. The zero-order valence-electron chi connectivity index (χ0n) is 33.5. The zero-order valence-corrected chi connectivity index (χ0v) is 33.5. The van der Waals surface area contributed by atoms with Crippen molar-refractivity contribution in [3.8, 4) is 34.0 Å². The predicted molar refractivity (Wildman–Crippen MR) is 214 cm³/mol. The number of H-pyrrole nitrogens is 2. The number of alkyl carbamates (subject to hydrolysis) is 2. The van der Waals surface area contributed by atoms with Crippen LogP contribution in [0.1, 0.15) is 77.1 Å². The molecule has 5 aromatic rings. The van der Waals surface area contributed by atoms with Gasteiger partial charge in [-0.05, 0) is 55.0 Å². The maximum atomic E-state index is 13.6. The molecule has 7 rings (SSSR count). The molecule has 17 nitrogen and oxygen atoms in total. The number of aromatic nitrogens is 7. The van der Waals surface area contributed by atoms with Gasteiger partial charge in [0.25, 0.3) is 0 Å². The molecule has 58 heavy (non-hydrogen) atoms. The number of amides is 4. The second-order valence-corrected chi connectivity index (χ2v) is 15.4. The van der Waals surface area contributed by atoms with Gasteiger partial charge in [-0.15, -0.1) is 0 Å². The first-order valence-corrected chi connectivity index (χ1v) is 19.6. The number of pyridine rings is 1. The van der Waals surface area contributed by atoms with Gasteiger partial charge in [0.1, 0.15) is 29.4 Å². The normalized spacial score (nSPS) is 17.8. The van der Waals surface area contributed by atoms with E-state index in [-0.39, 0.29) is 35.7 Å². The average Bonchev–Trinajstić information content (AvgIpc) is 4.07. The zero-order chi connectivity index (χ0) is 41.1. The Morgan fingerprint density at radius 1 is 0.655 bits per heavy atom. The van der Waals surface area contributed by atoms with Crippen molar-refractivity contribution >= 4 is 34.8 Å². The van der Waals surface area contributed by atoms with Crippen molar-refractivity contribution in [2.24, 2.45) is 11.8 Å². The Hall–Kier alpha value is -6.39. The quantitative estimate of drug-likeness (QED) is 0.130. The summed E-state index contributed by atoms with van der Waals surface area (Å²) in [7, 11) is 2.56. The monoisotopic (exact) mass is 791 g/mol. The fourth-order valence-corrected chi connectivity index (χ4v) is 7.72. The highest BCUT2D eigenvalue weighted by atomic mass is 16.5. The van der Waals surface area contributed by atoms with Crippen LogP contribution in [-0.4, -0.2) is 108 Å². The van der Waals surface area contributed by atoms with Crippen molar-refractivity contribution in [2.75, 3.05) is 27.3 Å². The van der Waals surface area contributed by atoms with E-state index in [1.807, 2.05) is 52.0 Å². The van der Waals surface area contributed by atoms with Crippen LogP contribution >= 0.6 is 0 Å². The second-order valence-electron chi connectivity index (χ2n) is 15.4. The molecule has 0 spiro atoms. The van der Waals surface area contributed by atoms with Crippen molar-refractivity contribution in [3.63, 3.8) is 0 Å². The number of hydrogen-bond donors (Lipinski definition) is 4. The number of ether oxygens (including phenoxy) is 2. The van der Waals surface area contributed by atoms with Crippen LogP contribution in [0.25, 0.3) is 44.8 Å². The Morgan fingerprint density at radius 3 is 1.67 bits per heavy atom. The summed E-state index contributed by atoms with van der Waals surface area (Å²) < 4.78 is 9.50. The first kappa shape index (κ1) is 39.8. The molecule has 2 aliphatic heterocycles. The molecule has 1 aromatic carbocycles. The van der Waals surface area contributed by atoms with Crippen LogP contribution in [0.15, 0.2) is 55.2 Å². The molecule has 0 radical (unpaired) electrons. The molecule has 6 heterocycles. The lowest BCUT2D eigenvalue weighted by Gasteiger charge is -2.30. The smallest absolute Gasteiger partial charge is 0.407 e. The highest BCUT2D eigenvalue weighted by Gasteiger charge is 2.39. The Balaban J connectivity index is 1.02. The van der Waals surface area contributed by atoms with Crippen LogP contribution in [0.5, 0.6) is 0 Å². The Bertz CT molecular complexity index is 2290. The van der Waals surface area contributed by atoms with Gasteiger partial charge < -0.3 is 39.9 Å². The minimum absolute atomic E-state index is 0.119. The maximum Gasteiger partial charge on any atom is 0.407 e. The third-order valence-electron chi connectivity index (χ3n) is 10.9. The summed E-state index contributed by atoms with van der Waals surface area (Å²) in [5.41, 5.74) is 3.81. The number of carbonyl (C=O) groups is 4. The molecule has 2 aliphatic rings. The lowest BCUT2D eigenvalue weighted by Crippen LogP contribution is -2.51. The van der Waals surface area contributed by atoms with Crippen molar-refractivity contribution < 1.29 is 28.7 Å². The summed E-state index contributed by atoms with van der Waals surface area (Å²) in [6.45, 7) is 8.69. The molecule has 0 bridgehead atoms. The summed E-state index contributed by atoms with van der Waals surface area (Å²) in [5.74, 6) is 1.25. The largest absolute Gasteiger partial charge is 0.453 e. The molecule has 304 valence electrons. The maximum absolute atomic E-state index is 13.6. The number of carbonyl (C=O) groups excluding carboxylic acids is 4. The molecule has 4 amide bonds. The molecule has 2 fully saturated rings. The van der Waals surface area contributed by atoms with E-state index in [0.29, 0.717) is 36.3 Å². The van der Waals surface area contributed by atoms with Crippen molar-refractivity contribution in [1.29, 1.82) is 0 Å². The van der Waals surface area contributed by atoms with Gasteiger partial charge in [-0.25, -0.2) is 29.5 Å². The first-order chi connectivity index (χ1) is 27.9. The number of likely N-dealkylation sites (tertiary alicyclic amines) is 2. The number of nitrogens with one attached hydrogen (secondary N) is 4. The fraction of sp³-hybridized carbons (Fsp3) is 0.439. The number of rotatable bonds is 11. The van der Waals surface area contributed by atoms with Crippen LogP contribution in [0.4, 0.5) is 9.59 Å². The van der Waals surface area contributed by atoms with Gasteiger partial charge in [0.05, 0.1) is 50.1 Å². The van der Waals surface area contributed by atoms with Gasteiger partial charge in [0, 0.05) is 48.2 Å². The topological polar surface area (TPSA) is 213 Å². The van der Waals surface area contributed by atoms with E-state index in [9.17, 15) is 19.2 Å². The number of hydrogen-bond acceptors (Lipinski definition) is 11. The van der Waals surface area contributed by atoms with Gasteiger partial charge in [0.15, 0.2) is 5.82 Å². The summed E-state index contributed by atoms with van der Waals surface area (Å²) in [6.07, 6.45) is 10.6. The van der Waals surface area contributed by atoms with Gasteiger partial charge in [-0.1, -0.05) is 39.8 Å². The number of aromatic amines is 2. The molecule has 0 saturated carbocycles. The van der Waals surface area contributed by atoms with Crippen LogP contribution < -0.4 is 10.6 Å². The number of nitrogens with zero attached hydrogens (tertiary/aromatic N) is 7. The third-order valence-corrected chi connectivity index (χ3v) is 10.9. The Morgan fingerprint density at radius 2 is 1.17 bits per heavy atom. The Kier molecular flexibility index (Phi) is 11.7. The molecular weight excluding hydrogens is 743 g/mol. The van der Waals surface area contributed by atoms with E-state index < -0.39 is 24.3 Å². The second kappa shape index (κ2) is 17.0. The number of fused-ring (bicyclic) bond motifs is 1. The average molecular weight is 792 g/mol. The molecule has 2 saturated heterocycles. The molecule has 0 aliphatic carbocycles. The Labute approximate surface area is 335 Å². The SMILES string of the molecule is COC(=O)N[C@H](C(=O)N1CCCC1c1ncc(-c2ccc3cc(-c4ncc(-c5cnc([C@@H]6CCCN6C(=O)[C@@H](NC(=O)OC)C(C)C)[nH]5)cn4)ncc3c2)[nH]1)C(C)C. The van der Waals surface area contributed by atoms with E-state index in [4.69, 9.17) is 9.47 Å². The number of imidazole rings is 2. The van der Waals surface area contributed by atoms with E-state index in [0.717, 1.165) is 59.0 Å². The lowest BCUT2D eigenvalue weighted by atomic mass is 10.0.